The molecule has 0 saturated carbocycles. The van der Waals surface area contributed by atoms with Crippen LogP contribution in [0.5, 0.6) is 0 Å². The smallest absolute Gasteiger partial charge is 0.411 e. The number of hydrogen-bond donors (Lipinski definition) is 1. The first-order valence-electron chi connectivity index (χ1n) is 11.3. The van der Waals surface area contributed by atoms with Crippen LogP contribution < -0.4 is 0 Å². The summed E-state index contributed by atoms with van der Waals surface area (Å²) in [4.78, 5) is 31.0. The van der Waals surface area contributed by atoms with Crippen LogP contribution in [0.25, 0.3) is 11.1 Å². The number of hydrogen-bond acceptors (Lipinski definition) is 4. The summed E-state index contributed by atoms with van der Waals surface area (Å²) in [6.07, 6.45) is 3.29. The number of carboxylic acids is 1. The van der Waals surface area contributed by atoms with Crippen molar-refractivity contribution >= 4 is 12.1 Å². The lowest BCUT2D eigenvalue weighted by Gasteiger charge is -2.32. The molecule has 2 aromatic carbocycles. The molecular weight excluding hydrogens is 418 g/mol. The highest BCUT2D eigenvalue weighted by Gasteiger charge is 2.37. The molecule has 3 aromatic rings. The summed E-state index contributed by atoms with van der Waals surface area (Å²) in [5.74, 6) is -1.21. The molecule has 0 fully saturated rings. The number of carboxylic acid groups (broad SMARTS) is 1. The van der Waals surface area contributed by atoms with Crippen molar-refractivity contribution in [3.63, 3.8) is 0 Å². The maximum atomic E-state index is 13.3. The number of ether oxygens (including phenoxy) is 1. The zero-order valence-corrected chi connectivity index (χ0v) is 19.1. The minimum atomic E-state index is -1.19. The molecule has 1 N–H and O–H groups in total. The number of fused-ring (bicyclic) bond motifs is 3. The van der Waals surface area contributed by atoms with Gasteiger partial charge in [-0.2, -0.15) is 0 Å². The first-order chi connectivity index (χ1) is 15.9. The summed E-state index contributed by atoms with van der Waals surface area (Å²) >= 11 is 0. The molecule has 7 nitrogen and oxygen atoms in total. The van der Waals surface area contributed by atoms with Crippen LogP contribution in [-0.4, -0.2) is 44.3 Å². The fraction of sp³-hybridized carbons (Fsp3) is 0.346. The van der Waals surface area contributed by atoms with Gasteiger partial charge in [0.25, 0.3) is 0 Å². The van der Waals surface area contributed by atoms with E-state index in [-0.39, 0.29) is 18.6 Å². The number of carbonyl (C=O) groups excluding carboxylic acids is 1. The summed E-state index contributed by atoms with van der Waals surface area (Å²) in [5.41, 5.74) is 4.96. The zero-order chi connectivity index (χ0) is 23.5. The molecule has 0 spiro atoms. The lowest BCUT2D eigenvalue weighted by atomic mass is 9.98. The van der Waals surface area contributed by atoms with E-state index < -0.39 is 18.1 Å². The molecule has 1 aliphatic rings. The SMILES string of the molecule is CCCn1cncc1C(C(=O)O)N(C(=O)OCC1c2ccccc2-c2ccccc21)C(C)C. The predicted octanol–water partition coefficient (Wildman–Crippen LogP) is 5.08. The van der Waals surface area contributed by atoms with Crippen LogP contribution in [0.3, 0.4) is 0 Å². The van der Waals surface area contributed by atoms with Gasteiger partial charge in [-0.3, -0.25) is 4.90 Å². The Labute approximate surface area is 193 Å². The van der Waals surface area contributed by atoms with Gasteiger partial charge in [-0.05, 0) is 42.5 Å². The molecular formula is C26H29N3O4. The van der Waals surface area contributed by atoms with Gasteiger partial charge in [-0.1, -0.05) is 55.5 Å². The number of nitrogens with zero attached hydrogens (tertiary/aromatic N) is 3. The third-order valence-corrected chi connectivity index (χ3v) is 6.10. The molecule has 0 radical (unpaired) electrons. The Kier molecular flexibility index (Phi) is 6.49. The number of benzene rings is 2. The van der Waals surface area contributed by atoms with E-state index >= 15 is 0 Å². The van der Waals surface area contributed by atoms with Crippen LogP contribution in [0.4, 0.5) is 4.79 Å². The van der Waals surface area contributed by atoms with Gasteiger partial charge in [0.2, 0.25) is 0 Å². The Morgan fingerprint density at radius 1 is 1.09 bits per heavy atom. The highest BCUT2D eigenvalue weighted by Crippen LogP contribution is 2.44. The van der Waals surface area contributed by atoms with Crippen LogP contribution in [0.15, 0.2) is 61.1 Å². The van der Waals surface area contributed by atoms with E-state index in [1.165, 1.54) is 11.1 Å². The second-order valence-corrected chi connectivity index (χ2v) is 8.56. The molecule has 1 aliphatic carbocycles. The number of carbonyl (C=O) groups is 2. The molecule has 0 aliphatic heterocycles. The second-order valence-electron chi connectivity index (χ2n) is 8.56. The van der Waals surface area contributed by atoms with Crippen molar-refractivity contribution in [1.82, 2.24) is 14.5 Å². The van der Waals surface area contributed by atoms with E-state index in [0.29, 0.717) is 12.2 Å². The van der Waals surface area contributed by atoms with Crippen molar-refractivity contribution in [3.05, 3.63) is 77.9 Å². The second kappa shape index (κ2) is 9.48. The predicted molar refractivity (Wildman–Crippen MR) is 125 cm³/mol. The molecule has 0 bridgehead atoms. The van der Waals surface area contributed by atoms with E-state index in [4.69, 9.17) is 4.74 Å². The Hall–Kier alpha value is -3.61. The van der Waals surface area contributed by atoms with Gasteiger partial charge in [0, 0.05) is 18.5 Å². The first kappa shape index (κ1) is 22.6. The summed E-state index contributed by atoms with van der Waals surface area (Å²) in [5, 5.41) is 10.1. The number of aryl methyl sites for hydroxylation is 1. The van der Waals surface area contributed by atoms with Gasteiger partial charge in [0.1, 0.15) is 6.61 Å². The molecule has 0 saturated heterocycles. The Morgan fingerprint density at radius 3 is 2.24 bits per heavy atom. The molecule has 1 heterocycles. The number of imidazole rings is 1. The third kappa shape index (κ3) is 4.23. The zero-order valence-electron chi connectivity index (χ0n) is 19.1. The van der Waals surface area contributed by atoms with E-state index in [2.05, 4.69) is 29.2 Å². The standard InChI is InChI=1S/C26H29N3O4/c1-4-13-28-16-27-14-23(28)24(25(30)31)29(17(2)3)26(32)33-15-22-20-11-7-5-9-18(20)19-10-6-8-12-21(19)22/h5-12,14,16-17,22,24H,4,13,15H2,1-3H3,(H,30,31). The van der Waals surface area contributed by atoms with Crippen molar-refractivity contribution in [2.45, 2.75) is 51.7 Å². The summed E-state index contributed by atoms with van der Waals surface area (Å²) in [6.45, 7) is 6.34. The van der Waals surface area contributed by atoms with Crippen LogP contribution in [0.2, 0.25) is 0 Å². The Bertz CT molecular complexity index is 1110. The largest absolute Gasteiger partial charge is 0.479 e. The molecule has 1 amide bonds. The lowest BCUT2D eigenvalue weighted by Crippen LogP contribution is -2.44. The third-order valence-electron chi connectivity index (χ3n) is 6.10. The van der Waals surface area contributed by atoms with Crippen LogP contribution >= 0.6 is 0 Å². The van der Waals surface area contributed by atoms with Gasteiger partial charge in [-0.15, -0.1) is 0 Å². The number of rotatable bonds is 8. The maximum Gasteiger partial charge on any atom is 0.411 e. The fourth-order valence-electron chi connectivity index (χ4n) is 4.66. The average molecular weight is 448 g/mol. The average Bonchev–Trinajstić information content (AvgIpc) is 3.38. The fourth-order valence-corrected chi connectivity index (χ4v) is 4.66. The van der Waals surface area contributed by atoms with Crippen molar-refractivity contribution in [1.29, 1.82) is 0 Å². The molecule has 1 atom stereocenters. The van der Waals surface area contributed by atoms with Crippen molar-refractivity contribution < 1.29 is 19.4 Å². The molecule has 7 heteroatoms. The summed E-state index contributed by atoms with van der Waals surface area (Å²) in [7, 11) is 0. The van der Waals surface area contributed by atoms with Crippen LogP contribution in [0.1, 0.15) is 56.0 Å². The quantitative estimate of drug-likeness (QED) is 0.521. The molecule has 4 rings (SSSR count). The van der Waals surface area contributed by atoms with Crippen LogP contribution in [0, 0.1) is 0 Å². The number of aliphatic carboxylic acids is 1. The Balaban J connectivity index is 1.60. The monoisotopic (exact) mass is 447 g/mol. The minimum absolute atomic E-state index is 0.0933. The van der Waals surface area contributed by atoms with E-state index in [0.717, 1.165) is 28.7 Å². The molecule has 33 heavy (non-hydrogen) atoms. The molecule has 1 unspecified atom stereocenters. The van der Waals surface area contributed by atoms with Crippen LogP contribution in [-0.2, 0) is 16.1 Å². The van der Waals surface area contributed by atoms with E-state index in [9.17, 15) is 14.7 Å². The van der Waals surface area contributed by atoms with Gasteiger partial charge in [0.05, 0.1) is 18.2 Å². The number of amides is 1. The maximum absolute atomic E-state index is 13.3. The summed E-state index contributed by atoms with van der Waals surface area (Å²) < 4.78 is 7.57. The normalized spacial score (nSPS) is 13.5. The highest BCUT2D eigenvalue weighted by atomic mass is 16.6. The van der Waals surface area contributed by atoms with Crippen molar-refractivity contribution in [3.8, 4) is 11.1 Å². The minimum Gasteiger partial charge on any atom is -0.479 e. The number of aromatic nitrogens is 2. The van der Waals surface area contributed by atoms with E-state index in [1.807, 2.05) is 31.2 Å². The lowest BCUT2D eigenvalue weighted by molar-refractivity contribution is -0.144. The molecule has 172 valence electrons. The van der Waals surface area contributed by atoms with Gasteiger partial charge >= 0.3 is 12.1 Å². The topological polar surface area (TPSA) is 84.7 Å². The van der Waals surface area contributed by atoms with Gasteiger partial charge < -0.3 is 14.4 Å². The van der Waals surface area contributed by atoms with Crippen molar-refractivity contribution in [2.24, 2.45) is 0 Å². The summed E-state index contributed by atoms with van der Waals surface area (Å²) in [6, 6.07) is 14.7. The van der Waals surface area contributed by atoms with E-state index in [1.54, 1.807) is 24.7 Å². The van der Waals surface area contributed by atoms with Gasteiger partial charge in [0.15, 0.2) is 6.04 Å². The molecule has 1 aromatic heterocycles. The first-order valence-corrected chi connectivity index (χ1v) is 11.3. The Morgan fingerprint density at radius 2 is 1.70 bits per heavy atom. The van der Waals surface area contributed by atoms with Crippen molar-refractivity contribution in [2.75, 3.05) is 6.61 Å². The highest BCUT2D eigenvalue weighted by molar-refractivity contribution is 5.82. The van der Waals surface area contributed by atoms with Gasteiger partial charge in [-0.25, -0.2) is 14.6 Å².